The average molecular weight is 291 g/mol. The first-order valence-electron chi connectivity index (χ1n) is 7.27. The van der Waals surface area contributed by atoms with Gasteiger partial charge in [0.15, 0.2) is 0 Å². The number of rotatable bonds is 6. The lowest BCUT2D eigenvalue weighted by Gasteiger charge is -2.38. The minimum Gasteiger partial charge on any atom is -0.329 e. The van der Waals surface area contributed by atoms with E-state index >= 15 is 0 Å². The van der Waals surface area contributed by atoms with Crippen LogP contribution in [-0.4, -0.2) is 37.9 Å². The maximum absolute atomic E-state index is 12.5. The van der Waals surface area contributed by atoms with Crippen LogP contribution in [0.2, 0.25) is 0 Å². The summed E-state index contributed by atoms with van der Waals surface area (Å²) in [5.41, 5.74) is 5.26. The standard InChI is InChI=1S/C13H29N3O2S/c1-5-13(6-2,10-14)15-19(17,18)16-8-11(3)7-12(4)9-16/h11-12,15H,5-10,14H2,1-4H3. The highest BCUT2D eigenvalue weighted by Crippen LogP contribution is 2.24. The zero-order chi connectivity index (χ0) is 14.7. The van der Waals surface area contributed by atoms with Gasteiger partial charge < -0.3 is 5.73 Å². The Morgan fingerprint density at radius 1 is 1.21 bits per heavy atom. The van der Waals surface area contributed by atoms with Gasteiger partial charge >= 0.3 is 0 Å². The number of nitrogens with one attached hydrogen (secondary N) is 1. The lowest BCUT2D eigenvalue weighted by atomic mass is 9.94. The fourth-order valence-corrected chi connectivity index (χ4v) is 4.81. The zero-order valence-corrected chi connectivity index (χ0v) is 13.5. The first-order chi connectivity index (χ1) is 8.78. The molecule has 1 rings (SSSR count). The Balaban J connectivity index is 2.85. The second-order valence-corrected chi connectivity index (χ2v) is 7.73. The van der Waals surface area contributed by atoms with E-state index in [0.717, 1.165) is 6.42 Å². The summed E-state index contributed by atoms with van der Waals surface area (Å²) in [5, 5.41) is 0. The van der Waals surface area contributed by atoms with E-state index in [1.807, 2.05) is 13.8 Å². The van der Waals surface area contributed by atoms with Gasteiger partial charge in [0.2, 0.25) is 0 Å². The lowest BCUT2D eigenvalue weighted by Crippen LogP contribution is -2.58. The van der Waals surface area contributed by atoms with Crippen molar-refractivity contribution in [2.75, 3.05) is 19.6 Å². The van der Waals surface area contributed by atoms with Gasteiger partial charge in [0, 0.05) is 25.2 Å². The van der Waals surface area contributed by atoms with Crippen LogP contribution in [0.1, 0.15) is 47.0 Å². The second-order valence-electron chi connectivity index (χ2n) is 6.06. The molecule has 0 amide bonds. The molecular formula is C13H29N3O2S. The molecule has 1 saturated heterocycles. The molecule has 0 aromatic rings. The molecule has 0 saturated carbocycles. The smallest absolute Gasteiger partial charge is 0.280 e. The van der Waals surface area contributed by atoms with Crippen molar-refractivity contribution in [3.63, 3.8) is 0 Å². The lowest BCUT2D eigenvalue weighted by molar-refractivity contribution is 0.215. The molecule has 0 aromatic heterocycles. The Morgan fingerprint density at radius 3 is 2.05 bits per heavy atom. The second kappa shape index (κ2) is 6.52. The summed E-state index contributed by atoms with van der Waals surface area (Å²) in [6.45, 7) is 9.70. The van der Waals surface area contributed by atoms with E-state index in [0.29, 0.717) is 44.3 Å². The van der Waals surface area contributed by atoms with Gasteiger partial charge in [-0.2, -0.15) is 17.4 Å². The minimum absolute atomic E-state index is 0.332. The molecule has 1 aliphatic rings. The van der Waals surface area contributed by atoms with Crippen LogP contribution in [0.4, 0.5) is 0 Å². The Bertz CT molecular complexity index is 361. The average Bonchev–Trinajstić information content (AvgIpc) is 2.35. The molecule has 0 aromatic carbocycles. The van der Waals surface area contributed by atoms with Crippen molar-refractivity contribution < 1.29 is 8.42 Å². The summed E-state index contributed by atoms with van der Waals surface area (Å²) in [7, 11) is -3.44. The van der Waals surface area contributed by atoms with Crippen molar-refractivity contribution in [2.24, 2.45) is 17.6 Å². The quantitative estimate of drug-likeness (QED) is 0.775. The van der Waals surface area contributed by atoms with E-state index < -0.39 is 15.7 Å². The van der Waals surface area contributed by atoms with Gasteiger partial charge in [-0.15, -0.1) is 0 Å². The molecule has 5 nitrogen and oxygen atoms in total. The highest BCUT2D eigenvalue weighted by molar-refractivity contribution is 7.87. The fourth-order valence-electron chi connectivity index (χ4n) is 2.86. The van der Waals surface area contributed by atoms with Crippen LogP contribution in [0.5, 0.6) is 0 Å². The summed E-state index contributed by atoms with van der Waals surface area (Å²) in [4.78, 5) is 0. The van der Waals surface area contributed by atoms with Gasteiger partial charge in [-0.3, -0.25) is 0 Å². The van der Waals surface area contributed by atoms with E-state index in [-0.39, 0.29) is 0 Å². The molecule has 2 atom stereocenters. The van der Waals surface area contributed by atoms with Gasteiger partial charge in [0.25, 0.3) is 10.2 Å². The topological polar surface area (TPSA) is 75.4 Å². The third-order valence-electron chi connectivity index (χ3n) is 4.27. The van der Waals surface area contributed by atoms with Crippen molar-refractivity contribution >= 4 is 10.2 Å². The van der Waals surface area contributed by atoms with Crippen LogP contribution in [0, 0.1) is 11.8 Å². The highest BCUT2D eigenvalue weighted by Gasteiger charge is 2.36. The Morgan fingerprint density at radius 2 is 1.68 bits per heavy atom. The van der Waals surface area contributed by atoms with Crippen molar-refractivity contribution in [3.8, 4) is 0 Å². The van der Waals surface area contributed by atoms with Gasteiger partial charge in [-0.1, -0.05) is 27.7 Å². The van der Waals surface area contributed by atoms with Crippen LogP contribution < -0.4 is 10.5 Å². The van der Waals surface area contributed by atoms with Crippen molar-refractivity contribution in [1.82, 2.24) is 9.03 Å². The zero-order valence-electron chi connectivity index (χ0n) is 12.6. The third-order valence-corrected chi connectivity index (χ3v) is 5.93. The molecule has 114 valence electrons. The molecule has 19 heavy (non-hydrogen) atoms. The van der Waals surface area contributed by atoms with Gasteiger partial charge in [0.1, 0.15) is 0 Å². The molecular weight excluding hydrogens is 262 g/mol. The van der Waals surface area contributed by atoms with E-state index in [1.54, 1.807) is 4.31 Å². The van der Waals surface area contributed by atoms with Gasteiger partial charge in [-0.25, -0.2) is 0 Å². The number of hydrogen-bond donors (Lipinski definition) is 2. The normalized spacial score (nSPS) is 26.6. The van der Waals surface area contributed by atoms with E-state index in [4.69, 9.17) is 5.73 Å². The summed E-state index contributed by atoms with van der Waals surface area (Å²) < 4.78 is 29.5. The molecule has 0 aliphatic carbocycles. The van der Waals surface area contributed by atoms with Crippen LogP contribution in [0.3, 0.4) is 0 Å². The molecule has 1 aliphatic heterocycles. The summed E-state index contributed by atoms with van der Waals surface area (Å²) in [6, 6.07) is 0. The predicted octanol–water partition coefficient (Wildman–Crippen LogP) is 1.32. The van der Waals surface area contributed by atoms with E-state index in [2.05, 4.69) is 18.6 Å². The van der Waals surface area contributed by atoms with Crippen LogP contribution in [0.25, 0.3) is 0 Å². The van der Waals surface area contributed by atoms with Gasteiger partial charge in [-0.05, 0) is 31.1 Å². The number of nitrogens with zero attached hydrogens (tertiary/aromatic N) is 1. The molecule has 0 radical (unpaired) electrons. The number of hydrogen-bond acceptors (Lipinski definition) is 3. The first kappa shape index (κ1) is 16.9. The molecule has 2 unspecified atom stereocenters. The molecule has 6 heteroatoms. The monoisotopic (exact) mass is 291 g/mol. The highest BCUT2D eigenvalue weighted by atomic mass is 32.2. The Kier molecular flexibility index (Phi) is 5.79. The molecule has 1 fully saturated rings. The van der Waals surface area contributed by atoms with Crippen LogP contribution >= 0.6 is 0 Å². The summed E-state index contributed by atoms with van der Waals surface area (Å²) in [6.07, 6.45) is 2.51. The maximum atomic E-state index is 12.5. The Hall–Kier alpha value is -0.170. The van der Waals surface area contributed by atoms with Crippen LogP contribution in [0.15, 0.2) is 0 Å². The Labute approximate surface area is 118 Å². The van der Waals surface area contributed by atoms with Crippen LogP contribution in [-0.2, 0) is 10.2 Å². The predicted molar refractivity (Wildman–Crippen MR) is 78.9 cm³/mol. The molecule has 0 spiro atoms. The van der Waals surface area contributed by atoms with E-state index in [1.165, 1.54) is 0 Å². The first-order valence-corrected chi connectivity index (χ1v) is 8.71. The minimum atomic E-state index is -3.44. The molecule has 3 N–H and O–H groups in total. The fraction of sp³-hybridized carbons (Fsp3) is 1.00. The maximum Gasteiger partial charge on any atom is 0.280 e. The molecule has 0 bridgehead atoms. The number of nitrogens with two attached hydrogens (primary N) is 1. The largest absolute Gasteiger partial charge is 0.329 e. The third kappa shape index (κ3) is 4.15. The van der Waals surface area contributed by atoms with Crippen molar-refractivity contribution in [3.05, 3.63) is 0 Å². The van der Waals surface area contributed by atoms with Crippen molar-refractivity contribution in [1.29, 1.82) is 0 Å². The number of piperidine rings is 1. The molecule has 1 heterocycles. The summed E-state index contributed by atoms with van der Waals surface area (Å²) >= 11 is 0. The summed E-state index contributed by atoms with van der Waals surface area (Å²) in [5.74, 6) is 0.826. The SMILES string of the molecule is CCC(CC)(CN)NS(=O)(=O)N1CC(C)CC(C)C1. The van der Waals surface area contributed by atoms with Crippen molar-refractivity contribution in [2.45, 2.75) is 52.5 Å². The van der Waals surface area contributed by atoms with Gasteiger partial charge in [0.05, 0.1) is 0 Å². The van der Waals surface area contributed by atoms with E-state index in [9.17, 15) is 8.42 Å².